The lowest BCUT2D eigenvalue weighted by atomic mass is 9.70. The van der Waals surface area contributed by atoms with Crippen LogP contribution in [-0.2, 0) is 5.41 Å². The molecule has 0 atom stereocenters. The van der Waals surface area contributed by atoms with Gasteiger partial charge in [0.2, 0.25) is 11.8 Å². The highest BCUT2D eigenvalue weighted by molar-refractivity contribution is 6.00. The molecule has 11 aromatic rings. The van der Waals surface area contributed by atoms with Gasteiger partial charge in [-0.1, -0.05) is 127 Å². The Hall–Kier alpha value is -7.82. The Bertz CT molecular complexity index is 3330. The highest BCUT2D eigenvalue weighted by atomic mass is 16.4. The van der Waals surface area contributed by atoms with E-state index >= 15 is 0 Å². The molecular weight excluding hydrogens is 721 g/mol. The molecule has 2 heterocycles. The molecule has 0 bridgehead atoms. The van der Waals surface area contributed by atoms with Crippen molar-refractivity contribution in [3.63, 3.8) is 0 Å². The largest absolute Gasteiger partial charge is 0.436 e. The van der Waals surface area contributed by atoms with E-state index in [1.165, 1.54) is 60.8 Å². The Morgan fingerprint density at radius 2 is 0.780 bits per heavy atom. The fraction of sp³-hybridized carbons (Fsp3) is 0.0182. The Labute approximate surface area is 339 Å². The molecule has 0 amide bonds. The first-order valence-electron chi connectivity index (χ1n) is 20.0. The third-order valence-corrected chi connectivity index (χ3v) is 12.5. The average Bonchev–Trinajstić information content (AvgIpc) is 4.07. The van der Waals surface area contributed by atoms with Crippen LogP contribution in [0.4, 0.5) is 0 Å². The molecule has 4 heteroatoms. The van der Waals surface area contributed by atoms with Gasteiger partial charge in [-0.25, -0.2) is 9.97 Å². The summed E-state index contributed by atoms with van der Waals surface area (Å²) >= 11 is 0. The topological polar surface area (TPSA) is 52.1 Å². The van der Waals surface area contributed by atoms with E-state index in [9.17, 15) is 0 Å². The van der Waals surface area contributed by atoms with Crippen molar-refractivity contribution < 1.29 is 8.83 Å². The number of nitrogens with zero attached hydrogens (tertiary/aromatic N) is 2. The van der Waals surface area contributed by atoms with E-state index in [1.807, 2.05) is 48.5 Å². The van der Waals surface area contributed by atoms with Gasteiger partial charge in [0.15, 0.2) is 11.2 Å². The number of rotatable bonds is 4. The Morgan fingerprint density at radius 3 is 1.42 bits per heavy atom. The molecule has 0 saturated heterocycles. The molecule has 2 aliphatic rings. The van der Waals surface area contributed by atoms with Crippen LogP contribution in [0.2, 0.25) is 0 Å². The Balaban J connectivity index is 1.00. The van der Waals surface area contributed by atoms with Crippen LogP contribution in [0.15, 0.2) is 203 Å². The van der Waals surface area contributed by atoms with Gasteiger partial charge >= 0.3 is 0 Å². The van der Waals surface area contributed by atoms with E-state index < -0.39 is 5.41 Å². The maximum Gasteiger partial charge on any atom is 0.227 e. The molecule has 2 aromatic heterocycles. The molecule has 1 spiro atoms. The number of para-hydroxylation sites is 4. The van der Waals surface area contributed by atoms with E-state index in [4.69, 9.17) is 18.8 Å². The van der Waals surface area contributed by atoms with Gasteiger partial charge in [-0.2, -0.15) is 0 Å². The first kappa shape index (κ1) is 32.3. The molecule has 0 N–H and O–H groups in total. The summed E-state index contributed by atoms with van der Waals surface area (Å²) in [6.07, 6.45) is 0. The summed E-state index contributed by atoms with van der Waals surface area (Å²) in [7, 11) is 0. The first-order valence-corrected chi connectivity index (χ1v) is 20.0. The normalized spacial score (nSPS) is 13.2. The van der Waals surface area contributed by atoms with Gasteiger partial charge in [0.05, 0.1) is 5.41 Å². The lowest BCUT2D eigenvalue weighted by Gasteiger charge is -2.31. The summed E-state index contributed by atoms with van der Waals surface area (Å²) in [6.45, 7) is 0. The number of fused-ring (bicyclic) bond motifs is 13. The van der Waals surface area contributed by atoms with Gasteiger partial charge in [0.1, 0.15) is 11.0 Å². The second kappa shape index (κ2) is 12.1. The molecule has 2 aliphatic carbocycles. The van der Waals surface area contributed by atoms with Crippen LogP contribution >= 0.6 is 0 Å². The van der Waals surface area contributed by atoms with Crippen LogP contribution in [0.5, 0.6) is 0 Å². The summed E-state index contributed by atoms with van der Waals surface area (Å²) < 4.78 is 12.6. The molecular formula is C55H32N2O2. The minimum Gasteiger partial charge on any atom is -0.436 e. The van der Waals surface area contributed by atoms with Crippen LogP contribution in [0.1, 0.15) is 22.3 Å². The van der Waals surface area contributed by atoms with Crippen LogP contribution < -0.4 is 0 Å². The maximum atomic E-state index is 6.32. The van der Waals surface area contributed by atoms with Gasteiger partial charge in [-0.15, -0.1) is 0 Å². The van der Waals surface area contributed by atoms with Gasteiger partial charge in [0, 0.05) is 11.1 Å². The summed E-state index contributed by atoms with van der Waals surface area (Å²) in [5.41, 5.74) is 19.3. The molecule has 0 unspecified atom stereocenters. The molecule has 13 rings (SSSR count). The zero-order chi connectivity index (χ0) is 38.7. The number of aromatic nitrogens is 2. The minimum absolute atomic E-state index is 0.447. The highest BCUT2D eigenvalue weighted by Crippen LogP contribution is 2.63. The molecule has 0 saturated carbocycles. The van der Waals surface area contributed by atoms with E-state index in [1.54, 1.807) is 0 Å². The van der Waals surface area contributed by atoms with Crippen LogP contribution in [-0.4, -0.2) is 9.97 Å². The highest BCUT2D eigenvalue weighted by Gasteiger charge is 2.51. The van der Waals surface area contributed by atoms with Crippen molar-refractivity contribution in [2.45, 2.75) is 5.41 Å². The van der Waals surface area contributed by atoms with Gasteiger partial charge in [0.25, 0.3) is 0 Å². The second-order valence-electron chi connectivity index (χ2n) is 15.7. The number of hydrogen-bond donors (Lipinski definition) is 0. The van der Waals surface area contributed by atoms with Crippen molar-refractivity contribution in [2.24, 2.45) is 0 Å². The molecule has 59 heavy (non-hydrogen) atoms. The molecule has 4 nitrogen and oxygen atoms in total. The fourth-order valence-corrected chi connectivity index (χ4v) is 9.91. The quantitative estimate of drug-likeness (QED) is 0.180. The predicted octanol–water partition coefficient (Wildman–Crippen LogP) is 14.1. The maximum absolute atomic E-state index is 6.32. The summed E-state index contributed by atoms with van der Waals surface area (Å²) in [5, 5.41) is 2.51. The lowest BCUT2D eigenvalue weighted by Crippen LogP contribution is -2.25. The van der Waals surface area contributed by atoms with E-state index in [0.29, 0.717) is 11.8 Å². The van der Waals surface area contributed by atoms with Crippen LogP contribution in [0.25, 0.3) is 100 Å². The van der Waals surface area contributed by atoms with Crippen molar-refractivity contribution in [3.05, 3.63) is 216 Å². The first-order chi connectivity index (χ1) is 29.2. The summed E-state index contributed by atoms with van der Waals surface area (Å²) in [6, 6.07) is 69.6. The molecule has 9 aromatic carbocycles. The van der Waals surface area contributed by atoms with Gasteiger partial charge in [-0.3, -0.25) is 0 Å². The zero-order valence-corrected chi connectivity index (χ0v) is 31.7. The van der Waals surface area contributed by atoms with E-state index in [-0.39, 0.29) is 0 Å². The van der Waals surface area contributed by atoms with Crippen molar-refractivity contribution in [3.8, 4) is 67.4 Å². The van der Waals surface area contributed by atoms with Gasteiger partial charge < -0.3 is 8.83 Å². The van der Waals surface area contributed by atoms with Gasteiger partial charge in [-0.05, 0) is 144 Å². The second-order valence-corrected chi connectivity index (χ2v) is 15.7. The molecule has 274 valence electrons. The minimum atomic E-state index is -0.447. The van der Waals surface area contributed by atoms with Crippen molar-refractivity contribution in [1.29, 1.82) is 0 Å². The zero-order valence-electron chi connectivity index (χ0n) is 31.7. The molecule has 0 fully saturated rings. The van der Waals surface area contributed by atoms with E-state index in [2.05, 4.69) is 146 Å². The smallest absolute Gasteiger partial charge is 0.227 e. The average molecular weight is 753 g/mol. The molecule has 0 radical (unpaired) electrons. The summed E-state index contributed by atoms with van der Waals surface area (Å²) in [4.78, 5) is 9.76. The molecule has 0 aliphatic heterocycles. The van der Waals surface area contributed by atoms with Crippen LogP contribution in [0, 0.1) is 0 Å². The number of oxazole rings is 2. The third-order valence-electron chi connectivity index (χ3n) is 12.5. The van der Waals surface area contributed by atoms with Crippen molar-refractivity contribution >= 4 is 33.0 Å². The standard InChI is InChI=1S/C55H32N2O2/c1-2-13-36-31-48-44(30-35(36)12-1)43-25-24-37(32-47(43)55(48)45-18-5-3-16-41(45)42-17-4-6-19-46(42)55)33-14-11-15-34(26-33)38-27-39(53-56-49-20-7-9-22-51(49)58-53)29-40(28-38)54-57-50-21-8-10-23-52(50)59-54/h1-32H. The Morgan fingerprint density at radius 1 is 0.305 bits per heavy atom. The predicted molar refractivity (Wildman–Crippen MR) is 237 cm³/mol. The van der Waals surface area contributed by atoms with Crippen LogP contribution in [0.3, 0.4) is 0 Å². The van der Waals surface area contributed by atoms with Crippen molar-refractivity contribution in [2.75, 3.05) is 0 Å². The Kier molecular flexibility index (Phi) is 6.62. The SMILES string of the molecule is c1cc(-c2cc(-c3nc4ccccc4o3)cc(-c3nc4ccccc4o3)c2)cc(-c2ccc3c(c2)C2(c4ccccc4-c4ccccc42)c2cc4ccccc4cc2-3)c1. The number of hydrogen-bond acceptors (Lipinski definition) is 4. The van der Waals surface area contributed by atoms with E-state index in [0.717, 1.165) is 50.0 Å². The fourth-order valence-electron chi connectivity index (χ4n) is 9.91. The monoisotopic (exact) mass is 752 g/mol. The number of benzene rings is 9. The summed E-state index contributed by atoms with van der Waals surface area (Å²) in [5.74, 6) is 1.10. The third kappa shape index (κ3) is 4.66. The lowest BCUT2D eigenvalue weighted by molar-refractivity contribution is 0.617. The van der Waals surface area contributed by atoms with Crippen molar-refractivity contribution in [1.82, 2.24) is 9.97 Å².